The maximum atomic E-state index is 11.1. The molecule has 0 aliphatic heterocycles. The average molecular weight is 299 g/mol. The first-order valence-electron chi connectivity index (χ1n) is 4.44. The second-order valence-electron chi connectivity index (χ2n) is 3.28. The van der Waals surface area contributed by atoms with Crippen molar-refractivity contribution in [2.45, 2.75) is 25.1 Å². The van der Waals surface area contributed by atoms with Gasteiger partial charge in [-0.25, -0.2) is 9.13 Å². The highest BCUT2D eigenvalue weighted by Crippen LogP contribution is 2.12. The number of hydrogen-bond donors (Lipinski definition) is 1. The van der Waals surface area contributed by atoms with Crippen LogP contribution in [-0.4, -0.2) is 17.5 Å². The van der Waals surface area contributed by atoms with Crippen LogP contribution in [-0.2, 0) is 17.2 Å². The number of nitrogens with zero attached hydrogens (tertiary/aromatic N) is 2. The summed E-state index contributed by atoms with van der Waals surface area (Å²) in [5, 5.41) is -0.867. The minimum Gasteiger partial charge on any atom is -1.00 e. The van der Waals surface area contributed by atoms with Gasteiger partial charge in [-0.15, -0.1) is 0 Å². The van der Waals surface area contributed by atoms with Crippen LogP contribution in [0, 0.1) is 0 Å². The molecule has 0 aromatic carbocycles. The molecule has 0 amide bonds. The van der Waals surface area contributed by atoms with Gasteiger partial charge in [0.05, 0.1) is 7.05 Å². The van der Waals surface area contributed by atoms with Crippen molar-refractivity contribution in [3.63, 3.8) is 0 Å². The van der Waals surface area contributed by atoms with Gasteiger partial charge in [0.2, 0.25) is 11.7 Å². The van der Waals surface area contributed by atoms with Crippen molar-refractivity contribution < 1.29 is 34.5 Å². The van der Waals surface area contributed by atoms with E-state index < -0.39 is 15.5 Å². The Morgan fingerprint density at radius 1 is 1.53 bits per heavy atom. The predicted octanol–water partition coefficient (Wildman–Crippen LogP) is -2.50. The molecule has 1 heterocycles. The van der Waals surface area contributed by atoms with Gasteiger partial charge in [-0.05, 0) is 0 Å². The van der Waals surface area contributed by atoms with Crippen molar-refractivity contribution in [1.82, 2.24) is 4.57 Å². The molecule has 1 aromatic heterocycles. The van der Waals surface area contributed by atoms with Crippen LogP contribution in [0.2, 0.25) is 0 Å². The molecule has 0 fully saturated rings. The van der Waals surface area contributed by atoms with Crippen LogP contribution in [0.15, 0.2) is 18.7 Å². The Morgan fingerprint density at radius 2 is 2.13 bits per heavy atom. The molecule has 0 saturated heterocycles. The largest absolute Gasteiger partial charge is 1.00 e. The molecule has 1 rings (SSSR count). The fourth-order valence-electron chi connectivity index (χ4n) is 1.34. The van der Waals surface area contributed by atoms with Crippen molar-refractivity contribution in [1.29, 1.82) is 0 Å². The minimum atomic E-state index is -4.02. The molecule has 5 nitrogen and oxygen atoms in total. The third kappa shape index (κ3) is 3.92. The molecule has 0 radical (unpaired) electrons. The van der Waals surface area contributed by atoms with Crippen LogP contribution in [0.3, 0.4) is 0 Å². The molecular weight excluding hydrogens is 284 g/mol. The fraction of sp³-hybridized carbons (Fsp3) is 0.625. The lowest BCUT2D eigenvalue weighted by Crippen LogP contribution is -3.00. The number of rotatable bonds is 4. The van der Waals surface area contributed by atoms with Crippen LogP contribution < -0.4 is 21.5 Å². The quantitative estimate of drug-likeness (QED) is 0.494. The molecule has 88 valence electrons. The smallest absolute Gasteiger partial charge is 0.307 e. The van der Waals surface area contributed by atoms with Gasteiger partial charge in [-0.3, -0.25) is 4.55 Å². The molecule has 0 aliphatic carbocycles. The molecule has 0 saturated carbocycles. The molecule has 0 spiro atoms. The van der Waals surface area contributed by atoms with Crippen molar-refractivity contribution in [3.05, 3.63) is 18.7 Å². The van der Waals surface area contributed by atoms with Gasteiger partial charge < -0.3 is 17.0 Å². The first-order valence-corrected chi connectivity index (χ1v) is 5.94. The average Bonchev–Trinajstić information content (AvgIpc) is 2.45. The van der Waals surface area contributed by atoms with Crippen molar-refractivity contribution in [3.8, 4) is 0 Å². The predicted molar refractivity (Wildman–Crippen MR) is 51.1 cm³/mol. The van der Waals surface area contributed by atoms with Gasteiger partial charge in [-0.1, -0.05) is 13.3 Å². The topological polar surface area (TPSA) is 63.2 Å². The third-order valence-corrected chi connectivity index (χ3v) is 3.17. The summed E-state index contributed by atoms with van der Waals surface area (Å²) in [6.45, 7) is 1.88. The highest BCUT2D eigenvalue weighted by atomic mass is 79.9. The zero-order valence-electron chi connectivity index (χ0n) is 8.67. The van der Waals surface area contributed by atoms with Crippen molar-refractivity contribution >= 4 is 10.1 Å². The summed E-state index contributed by atoms with van der Waals surface area (Å²) in [6.07, 6.45) is 6.11. The van der Waals surface area contributed by atoms with Gasteiger partial charge >= 0.3 is 10.1 Å². The van der Waals surface area contributed by atoms with Gasteiger partial charge in [0, 0.05) is 6.42 Å². The van der Waals surface area contributed by atoms with E-state index in [-0.39, 0.29) is 17.0 Å². The third-order valence-electron chi connectivity index (χ3n) is 2.00. The summed E-state index contributed by atoms with van der Waals surface area (Å²) in [5.74, 6) is 0. The molecule has 0 bridgehead atoms. The Bertz CT molecular complexity index is 402. The van der Waals surface area contributed by atoms with Gasteiger partial charge in [0.25, 0.3) is 0 Å². The highest BCUT2D eigenvalue weighted by Gasteiger charge is 2.28. The van der Waals surface area contributed by atoms with Gasteiger partial charge in [-0.2, -0.15) is 8.42 Å². The Balaban J connectivity index is 0.00000196. The zero-order chi connectivity index (χ0) is 10.8. The minimum absolute atomic E-state index is 0. The number of aromatic nitrogens is 2. The summed E-state index contributed by atoms with van der Waals surface area (Å²) < 4.78 is 34.4. The fourth-order valence-corrected chi connectivity index (χ4v) is 2.30. The summed E-state index contributed by atoms with van der Waals surface area (Å²) in [7, 11) is -2.22. The molecule has 15 heavy (non-hydrogen) atoms. The van der Waals surface area contributed by atoms with Crippen LogP contribution in [0.5, 0.6) is 0 Å². The van der Waals surface area contributed by atoms with E-state index in [0.717, 1.165) is 0 Å². The monoisotopic (exact) mass is 298 g/mol. The van der Waals surface area contributed by atoms with Crippen LogP contribution in [0.25, 0.3) is 0 Å². The number of aryl methyl sites for hydroxylation is 1. The number of hydrogen-bond acceptors (Lipinski definition) is 2. The van der Waals surface area contributed by atoms with E-state index in [1.165, 1.54) is 4.57 Å². The first kappa shape index (κ1) is 14.6. The summed E-state index contributed by atoms with van der Waals surface area (Å²) in [4.78, 5) is 0. The van der Waals surface area contributed by atoms with Gasteiger partial charge in [0.15, 0.2) is 0 Å². The van der Waals surface area contributed by atoms with Crippen LogP contribution in [0.1, 0.15) is 25.1 Å². The Kier molecular flexibility index (Phi) is 5.47. The molecular formula is C8H15BrN2O3S. The molecule has 1 atom stereocenters. The lowest BCUT2D eigenvalue weighted by atomic mass is 10.3. The SMILES string of the molecule is CCCC([n+]1ccn(C)c1)S(=O)(=O)O.[Br-]. The Hall–Kier alpha value is -0.400. The van der Waals surface area contributed by atoms with Crippen LogP contribution in [0.4, 0.5) is 0 Å². The number of halogens is 1. The molecule has 1 N–H and O–H groups in total. The Labute approximate surface area is 100 Å². The van der Waals surface area contributed by atoms with E-state index in [4.69, 9.17) is 4.55 Å². The van der Waals surface area contributed by atoms with E-state index in [2.05, 4.69) is 0 Å². The summed E-state index contributed by atoms with van der Waals surface area (Å²) >= 11 is 0. The van der Waals surface area contributed by atoms with E-state index in [9.17, 15) is 8.42 Å². The molecule has 1 unspecified atom stereocenters. The lowest BCUT2D eigenvalue weighted by Gasteiger charge is -2.08. The molecule has 0 aliphatic rings. The van der Waals surface area contributed by atoms with Crippen molar-refractivity contribution in [2.75, 3.05) is 0 Å². The molecule has 1 aromatic rings. The highest BCUT2D eigenvalue weighted by molar-refractivity contribution is 7.85. The maximum absolute atomic E-state index is 11.1. The normalized spacial score (nSPS) is 13.3. The molecule has 7 heteroatoms. The second-order valence-corrected chi connectivity index (χ2v) is 4.86. The van der Waals surface area contributed by atoms with E-state index in [1.807, 2.05) is 6.92 Å². The van der Waals surface area contributed by atoms with Crippen molar-refractivity contribution in [2.24, 2.45) is 7.05 Å². The van der Waals surface area contributed by atoms with Crippen LogP contribution >= 0.6 is 0 Å². The first-order chi connectivity index (χ1) is 6.45. The summed E-state index contributed by atoms with van der Waals surface area (Å²) in [6, 6.07) is 0. The number of imidazole rings is 1. The lowest BCUT2D eigenvalue weighted by molar-refractivity contribution is -0.702. The maximum Gasteiger partial charge on any atom is 0.307 e. The Morgan fingerprint density at radius 3 is 2.47 bits per heavy atom. The zero-order valence-corrected chi connectivity index (χ0v) is 11.1. The van der Waals surface area contributed by atoms with E-state index in [1.54, 1.807) is 30.3 Å². The summed E-state index contributed by atoms with van der Waals surface area (Å²) in [5.41, 5.74) is 0. The van der Waals surface area contributed by atoms with Gasteiger partial charge in [0.1, 0.15) is 12.4 Å². The van der Waals surface area contributed by atoms with E-state index in [0.29, 0.717) is 12.8 Å². The van der Waals surface area contributed by atoms with E-state index >= 15 is 0 Å². The standard InChI is InChI=1S/C8H14N2O3S.BrH/c1-3-4-8(14(11,12)13)10-6-5-9(2)7-10;/h5-8H,3-4H2,1-2H3;1H. The second kappa shape index (κ2) is 5.62.